The van der Waals surface area contributed by atoms with Crippen molar-refractivity contribution >= 4 is 11.6 Å². The maximum atomic E-state index is 13.0. The van der Waals surface area contributed by atoms with Gasteiger partial charge in [-0.3, -0.25) is 4.79 Å². The van der Waals surface area contributed by atoms with Crippen molar-refractivity contribution in [1.29, 1.82) is 5.26 Å². The Morgan fingerprint density at radius 3 is 2.70 bits per heavy atom. The minimum absolute atomic E-state index is 0.230. The maximum absolute atomic E-state index is 13.0. The third-order valence-corrected chi connectivity index (χ3v) is 5.13. The van der Waals surface area contributed by atoms with Crippen LogP contribution in [0.5, 0.6) is 0 Å². The maximum Gasteiger partial charge on any atom is 0.416 e. The van der Waals surface area contributed by atoms with Crippen LogP contribution < -0.4 is 5.32 Å². The van der Waals surface area contributed by atoms with Crippen molar-refractivity contribution in [3.8, 4) is 17.2 Å². The number of fused-ring (bicyclic) bond motifs is 1. The van der Waals surface area contributed by atoms with Crippen molar-refractivity contribution in [2.24, 2.45) is 0 Å². The number of nitrogens with zero attached hydrogens (tertiary/aromatic N) is 3. The Balaban J connectivity index is 1.63. The number of aromatic nitrogens is 2. The van der Waals surface area contributed by atoms with E-state index in [2.05, 4.69) is 10.3 Å². The quantitative estimate of drug-likeness (QED) is 0.410. The minimum atomic E-state index is -4.39. The molecule has 0 radical (unpaired) electrons. The molecule has 0 unspecified atom stereocenters. The summed E-state index contributed by atoms with van der Waals surface area (Å²) in [5, 5.41) is 11.3. The minimum Gasteiger partial charge on any atom is -0.351 e. The summed E-state index contributed by atoms with van der Waals surface area (Å²) >= 11 is 0. The van der Waals surface area contributed by atoms with Gasteiger partial charge in [-0.25, -0.2) is 4.98 Å². The number of benzene rings is 2. The molecule has 0 fully saturated rings. The molecule has 0 aliphatic heterocycles. The Kier molecular flexibility index (Phi) is 6.13. The first-order valence-corrected chi connectivity index (χ1v) is 10.2. The van der Waals surface area contributed by atoms with Gasteiger partial charge in [-0.2, -0.15) is 18.4 Å². The van der Waals surface area contributed by atoms with Crippen molar-refractivity contribution in [2.45, 2.75) is 19.0 Å². The lowest BCUT2D eigenvalue weighted by atomic mass is 10.0. The fraction of sp³-hybridized carbons (Fsp3) is 0.160. The zero-order valence-corrected chi connectivity index (χ0v) is 17.4. The van der Waals surface area contributed by atoms with E-state index >= 15 is 0 Å². The number of alkyl halides is 3. The molecular weight excluding hydrogens is 429 g/mol. The number of hydrogen-bond donors (Lipinski definition) is 1. The van der Waals surface area contributed by atoms with Gasteiger partial charge >= 0.3 is 6.18 Å². The number of nitriles is 1. The molecule has 0 aliphatic carbocycles. The molecule has 0 aliphatic rings. The summed E-state index contributed by atoms with van der Waals surface area (Å²) in [7, 11) is 0. The van der Waals surface area contributed by atoms with Gasteiger partial charge in [0.15, 0.2) is 0 Å². The van der Waals surface area contributed by atoms with Gasteiger partial charge in [0.2, 0.25) is 0 Å². The molecule has 5 nitrogen and oxygen atoms in total. The number of nitrogens with one attached hydrogen (secondary N) is 1. The highest BCUT2D eigenvalue weighted by atomic mass is 19.4. The predicted molar refractivity (Wildman–Crippen MR) is 117 cm³/mol. The first kappa shape index (κ1) is 22.1. The van der Waals surface area contributed by atoms with Crippen LogP contribution in [-0.2, 0) is 12.6 Å². The largest absolute Gasteiger partial charge is 0.416 e. The lowest BCUT2D eigenvalue weighted by Gasteiger charge is -2.08. The normalized spacial score (nSPS) is 11.3. The van der Waals surface area contributed by atoms with Crippen LogP contribution in [0.15, 0.2) is 73.1 Å². The molecule has 2 aromatic heterocycles. The van der Waals surface area contributed by atoms with E-state index in [9.17, 15) is 18.0 Å². The molecule has 0 spiro atoms. The van der Waals surface area contributed by atoms with Crippen molar-refractivity contribution in [2.75, 3.05) is 6.54 Å². The molecule has 0 saturated carbocycles. The zero-order chi connectivity index (χ0) is 23.4. The van der Waals surface area contributed by atoms with Gasteiger partial charge in [0.05, 0.1) is 23.7 Å². The summed E-state index contributed by atoms with van der Waals surface area (Å²) in [6.07, 6.45) is -0.300. The van der Waals surface area contributed by atoms with Gasteiger partial charge in [0.25, 0.3) is 5.91 Å². The zero-order valence-electron chi connectivity index (χ0n) is 17.4. The number of imidazole rings is 1. The Bertz CT molecular complexity index is 1350. The Morgan fingerprint density at radius 2 is 1.91 bits per heavy atom. The number of carbonyl (C=O) groups excluding carboxylic acids is 1. The Hall–Kier alpha value is -4.12. The summed E-state index contributed by atoms with van der Waals surface area (Å²) < 4.78 is 40.9. The molecule has 1 N–H and O–H groups in total. The number of halogens is 3. The second-order valence-corrected chi connectivity index (χ2v) is 7.50. The first-order valence-electron chi connectivity index (χ1n) is 10.2. The van der Waals surface area contributed by atoms with Crippen molar-refractivity contribution in [3.63, 3.8) is 0 Å². The van der Waals surface area contributed by atoms with Crippen molar-refractivity contribution in [1.82, 2.24) is 14.7 Å². The first-order chi connectivity index (χ1) is 15.8. The highest BCUT2D eigenvalue weighted by Crippen LogP contribution is 2.30. The lowest BCUT2D eigenvalue weighted by Crippen LogP contribution is -2.24. The van der Waals surface area contributed by atoms with Crippen LogP contribution in [0.1, 0.15) is 33.6 Å². The van der Waals surface area contributed by atoms with Crippen molar-refractivity contribution in [3.05, 3.63) is 95.4 Å². The average Bonchev–Trinajstić information content (AvgIpc) is 3.21. The van der Waals surface area contributed by atoms with Crippen molar-refractivity contribution < 1.29 is 18.0 Å². The van der Waals surface area contributed by atoms with E-state index in [1.807, 2.05) is 34.9 Å². The second-order valence-electron chi connectivity index (χ2n) is 7.50. The van der Waals surface area contributed by atoms with E-state index in [0.29, 0.717) is 22.5 Å². The van der Waals surface area contributed by atoms with E-state index in [4.69, 9.17) is 5.26 Å². The van der Waals surface area contributed by atoms with E-state index in [1.54, 1.807) is 30.5 Å². The fourth-order valence-corrected chi connectivity index (χ4v) is 3.60. The van der Waals surface area contributed by atoms with E-state index in [1.165, 1.54) is 6.07 Å². The molecule has 0 bridgehead atoms. The number of rotatable bonds is 6. The van der Waals surface area contributed by atoms with Gasteiger partial charge in [0, 0.05) is 36.5 Å². The number of pyridine rings is 1. The number of carbonyl (C=O) groups is 1. The van der Waals surface area contributed by atoms with Crippen LogP contribution in [0, 0.1) is 11.3 Å². The average molecular weight is 448 g/mol. The molecule has 2 aromatic carbocycles. The summed E-state index contributed by atoms with van der Waals surface area (Å²) in [4.78, 5) is 17.0. The van der Waals surface area contributed by atoms with Crippen LogP contribution in [-0.4, -0.2) is 21.8 Å². The second kappa shape index (κ2) is 9.17. The Morgan fingerprint density at radius 1 is 1.09 bits per heavy atom. The molecule has 1 amide bonds. The van der Waals surface area contributed by atoms with Crippen LogP contribution >= 0.6 is 0 Å². The smallest absolute Gasteiger partial charge is 0.351 e. The van der Waals surface area contributed by atoms with Gasteiger partial charge in [-0.05, 0) is 41.5 Å². The molecular formula is C25H19F3N4O. The van der Waals surface area contributed by atoms with Crippen LogP contribution in [0.3, 0.4) is 0 Å². The van der Waals surface area contributed by atoms with Crippen LogP contribution in [0.2, 0.25) is 0 Å². The monoisotopic (exact) mass is 448 g/mol. The van der Waals surface area contributed by atoms with E-state index in [0.717, 1.165) is 23.3 Å². The predicted octanol–water partition coefficient (Wildman–Crippen LogP) is 5.25. The topological polar surface area (TPSA) is 70.2 Å². The summed E-state index contributed by atoms with van der Waals surface area (Å²) in [5.74, 6) is -0.271. The van der Waals surface area contributed by atoms with E-state index in [-0.39, 0.29) is 25.3 Å². The van der Waals surface area contributed by atoms with E-state index < -0.39 is 11.7 Å². The molecule has 0 saturated heterocycles. The summed E-state index contributed by atoms with van der Waals surface area (Å²) in [6, 6.07) is 18.0. The standard InChI is InChI=1S/C25H19F3N4O/c26-25(27,28)20-8-1-5-17(13-20)14-21-16-32-12-3-9-22(23(32)31-21)18-6-2-7-19(15-18)24(33)30-11-4-10-29/h1-3,5-9,12-13,15-16H,4,11,14H2,(H,30,33). The highest BCUT2D eigenvalue weighted by molar-refractivity contribution is 5.96. The third-order valence-electron chi connectivity index (χ3n) is 5.13. The molecule has 4 aromatic rings. The number of hydrogen-bond acceptors (Lipinski definition) is 3. The molecule has 33 heavy (non-hydrogen) atoms. The van der Waals surface area contributed by atoms with Gasteiger partial charge in [-0.15, -0.1) is 0 Å². The third kappa shape index (κ3) is 5.04. The molecule has 0 atom stereocenters. The van der Waals surface area contributed by atoms with Crippen LogP contribution in [0.4, 0.5) is 13.2 Å². The van der Waals surface area contributed by atoms with Crippen LogP contribution in [0.25, 0.3) is 16.8 Å². The molecule has 2 heterocycles. The fourth-order valence-electron chi connectivity index (χ4n) is 3.60. The molecule has 4 rings (SSSR count). The molecule has 8 heteroatoms. The Labute approximate surface area is 188 Å². The molecule has 166 valence electrons. The highest BCUT2D eigenvalue weighted by Gasteiger charge is 2.30. The van der Waals surface area contributed by atoms with Gasteiger partial charge in [-0.1, -0.05) is 30.3 Å². The lowest BCUT2D eigenvalue weighted by molar-refractivity contribution is -0.137. The summed E-state index contributed by atoms with van der Waals surface area (Å²) in [5.41, 5.74) is 3.14. The summed E-state index contributed by atoms with van der Waals surface area (Å²) in [6.45, 7) is 0.272. The number of amides is 1. The SMILES string of the molecule is N#CCCNC(=O)c1cccc(-c2cccn3cc(Cc4cccc(C(F)(F)F)c4)nc23)c1. The van der Waals surface area contributed by atoms with Gasteiger partial charge in [0.1, 0.15) is 5.65 Å². The van der Waals surface area contributed by atoms with Gasteiger partial charge < -0.3 is 9.72 Å².